The topological polar surface area (TPSA) is 97.0 Å². The van der Waals surface area contributed by atoms with Crippen molar-refractivity contribution in [2.75, 3.05) is 20.8 Å². The van der Waals surface area contributed by atoms with Gasteiger partial charge in [-0.25, -0.2) is 4.79 Å². The molecule has 0 bridgehead atoms. The van der Waals surface area contributed by atoms with E-state index < -0.39 is 11.6 Å². The standard InChI is InChI=1S/C19H25N3O5/c1-26-14-6-5-13(15(11-14)27-2)12-20-16(23)7-10-22-17(24)19(21-18(22)25)8-3-4-9-19/h5-6,11H,3-4,7-10,12H2,1-2H3,(H,20,23)(H,21,25). The maximum atomic E-state index is 12.6. The number of urea groups is 1. The van der Waals surface area contributed by atoms with E-state index in [0.29, 0.717) is 24.3 Å². The zero-order valence-electron chi connectivity index (χ0n) is 15.7. The molecule has 1 aromatic rings. The molecule has 0 atom stereocenters. The van der Waals surface area contributed by atoms with Crippen LogP contribution in [-0.4, -0.2) is 49.0 Å². The summed E-state index contributed by atoms with van der Waals surface area (Å²) in [4.78, 5) is 38.0. The lowest BCUT2D eigenvalue weighted by Gasteiger charge is -2.19. The fraction of sp³-hybridized carbons (Fsp3) is 0.526. The number of amides is 4. The summed E-state index contributed by atoms with van der Waals surface area (Å²) in [6.45, 7) is 0.369. The summed E-state index contributed by atoms with van der Waals surface area (Å²) in [6, 6.07) is 4.96. The normalized spacial score (nSPS) is 17.9. The van der Waals surface area contributed by atoms with Crippen molar-refractivity contribution < 1.29 is 23.9 Å². The van der Waals surface area contributed by atoms with E-state index in [1.54, 1.807) is 26.4 Å². The molecule has 8 heteroatoms. The van der Waals surface area contributed by atoms with Crippen LogP contribution in [0.2, 0.25) is 0 Å². The molecule has 0 unspecified atom stereocenters. The fourth-order valence-corrected chi connectivity index (χ4v) is 3.69. The van der Waals surface area contributed by atoms with Crippen LogP contribution >= 0.6 is 0 Å². The molecule has 1 aromatic carbocycles. The molecule has 0 radical (unpaired) electrons. The Morgan fingerprint density at radius 1 is 1.22 bits per heavy atom. The first-order valence-electron chi connectivity index (χ1n) is 9.11. The van der Waals surface area contributed by atoms with E-state index in [1.807, 2.05) is 6.07 Å². The molecule has 1 heterocycles. The lowest BCUT2D eigenvalue weighted by atomic mass is 9.98. The number of ether oxygens (including phenoxy) is 2. The number of hydrogen-bond acceptors (Lipinski definition) is 5. The van der Waals surface area contributed by atoms with Crippen molar-refractivity contribution in [3.8, 4) is 11.5 Å². The second-order valence-electron chi connectivity index (χ2n) is 6.88. The number of methoxy groups -OCH3 is 2. The van der Waals surface area contributed by atoms with E-state index in [9.17, 15) is 14.4 Å². The fourth-order valence-electron chi connectivity index (χ4n) is 3.69. The van der Waals surface area contributed by atoms with Gasteiger partial charge in [0, 0.05) is 31.1 Å². The van der Waals surface area contributed by atoms with Crippen LogP contribution in [-0.2, 0) is 16.1 Å². The first kappa shape index (κ1) is 19.0. The third kappa shape index (κ3) is 3.84. The molecular formula is C19H25N3O5. The van der Waals surface area contributed by atoms with Crippen LogP contribution < -0.4 is 20.1 Å². The minimum absolute atomic E-state index is 0.0632. The number of hydrogen-bond donors (Lipinski definition) is 2. The molecule has 1 aliphatic heterocycles. The van der Waals surface area contributed by atoms with Gasteiger partial charge >= 0.3 is 6.03 Å². The predicted molar refractivity (Wildman–Crippen MR) is 97.5 cm³/mol. The smallest absolute Gasteiger partial charge is 0.325 e. The van der Waals surface area contributed by atoms with Crippen molar-refractivity contribution in [1.82, 2.24) is 15.5 Å². The number of benzene rings is 1. The number of carbonyl (C=O) groups is 3. The summed E-state index contributed by atoms with van der Waals surface area (Å²) in [7, 11) is 3.12. The van der Waals surface area contributed by atoms with Gasteiger partial charge in [-0.1, -0.05) is 12.8 Å². The van der Waals surface area contributed by atoms with Crippen LogP contribution in [0.5, 0.6) is 11.5 Å². The van der Waals surface area contributed by atoms with E-state index in [-0.39, 0.29) is 31.3 Å². The van der Waals surface area contributed by atoms with Gasteiger partial charge in [0.2, 0.25) is 5.91 Å². The van der Waals surface area contributed by atoms with Gasteiger partial charge in [-0.3, -0.25) is 14.5 Å². The highest BCUT2D eigenvalue weighted by Crippen LogP contribution is 2.35. The third-order valence-electron chi connectivity index (χ3n) is 5.24. The monoisotopic (exact) mass is 375 g/mol. The molecule has 1 spiro atoms. The molecule has 1 saturated heterocycles. The lowest BCUT2D eigenvalue weighted by molar-refractivity contribution is -0.131. The highest BCUT2D eigenvalue weighted by Gasteiger charge is 2.52. The van der Waals surface area contributed by atoms with E-state index in [1.165, 1.54) is 4.90 Å². The van der Waals surface area contributed by atoms with Crippen molar-refractivity contribution in [3.05, 3.63) is 23.8 Å². The van der Waals surface area contributed by atoms with Gasteiger partial charge < -0.3 is 20.1 Å². The van der Waals surface area contributed by atoms with Crippen LogP contribution in [0, 0.1) is 0 Å². The number of nitrogens with zero attached hydrogens (tertiary/aromatic N) is 1. The van der Waals surface area contributed by atoms with Gasteiger partial charge in [-0.15, -0.1) is 0 Å². The van der Waals surface area contributed by atoms with E-state index in [0.717, 1.165) is 18.4 Å². The molecule has 8 nitrogen and oxygen atoms in total. The summed E-state index contributed by atoms with van der Waals surface area (Å²) >= 11 is 0. The summed E-state index contributed by atoms with van der Waals surface area (Å²) in [5, 5.41) is 5.61. The van der Waals surface area contributed by atoms with Crippen LogP contribution in [0.4, 0.5) is 4.79 Å². The van der Waals surface area contributed by atoms with Crippen molar-refractivity contribution in [2.45, 2.75) is 44.2 Å². The molecule has 2 N–H and O–H groups in total. The Kier molecular flexibility index (Phi) is 5.53. The molecule has 4 amide bonds. The van der Waals surface area contributed by atoms with Crippen LogP contribution in [0.15, 0.2) is 18.2 Å². The Balaban J connectivity index is 1.52. The predicted octanol–water partition coefficient (Wildman–Crippen LogP) is 1.57. The van der Waals surface area contributed by atoms with E-state index >= 15 is 0 Å². The SMILES string of the molecule is COc1ccc(CNC(=O)CCN2C(=O)NC3(CCCC3)C2=O)c(OC)c1. The Morgan fingerprint density at radius 3 is 2.63 bits per heavy atom. The first-order chi connectivity index (χ1) is 13.0. The van der Waals surface area contributed by atoms with Gasteiger partial charge in [-0.05, 0) is 25.0 Å². The number of carbonyl (C=O) groups excluding carboxylic acids is 3. The Morgan fingerprint density at radius 2 is 1.96 bits per heavy atom. The number of imide groups is 1. The van der Waals surface area contributed by atoms with Crippen molar-refractivity contribution in [3.63, 3.8) is 0 Å². The Labute approximate surface area is 158 Å². The van der Waals surface area contributed by atoms with Crippen molar-refractivity contribution >= 4 is 17.8 Å². The Hall–Kier alpha value is -2.77. The molecule has 3 rings (SSSR count). The number of rotatable bonds is 7. The van der Waals surface area contributed by atoms with Crippen LogP contribution in [0.1, 0.15) is 37.7 Å². The molecule has 0 aromatic heterocycles. The summed E-state index contributed by atoms with van der Waals surface area (Å²) in [5.41, 5.74) is 0.0795. The average Bonchev–Trinajstić information content (AvgIpc) is 3.23. The van der Waals surface area contributed by atoms with Crippen LogP contribution in [0.3, 0.4) is 0 Å². The highest BCUT2D eigenvalue weighted by molar-refractivity contribution is 6.07. The zero-order valence-corrected chi connectivity index (χ0v) is 15.7. The number of nitrogens with one attached hydrogen (secondary N) is 2. The second-order valence-corrected chi connectivity index (χ2v) is 6.88. The van der Waals surface area contributed by atoms with Crippen molar-refractivity contribution in [1.29, 1.82) is 0 Å². The largest absolute Gasteiger partial charge is 0.497 e. The molecule has 2 fully saturated rings. The van der Waals surface area contributed by atoms with Gasteiger partial charge in [0.25, 0.3) is 5.91 Å². The maximum absolute atomic E-state index is 12.6. The minimum Gasteiger partial charge on any atom is -0.497 e. The first-order valence-corrected chi connectivity index (χ1v) is 9.11. The second kappa shape index (κ2) is 7.85. The summed E-state index contributed by atoms with van der Waals surface area (Å²) < 4.78 is 10.5. The average molecular weight is 375 g/mol. The van der Waals surface area contributed by atoms with Crippen molar-refractivity contribution in [2.24, 2.45) is 0 Å². The molecule has 1 aliphatic carbocycles. The Bertz CT molecular complexity index is 743. The molecule has 2 aliphatic rings. The highest BCUT2D eigenvalue weighted by atomic mass is 16.5. The molecule has 146 valence electrons. The van der Waals surface area contributed by atoms with E-state index in [2.05, 4.69) is 10.6 Å². The molecule has 1 saturated carbocycles. The third-order valence-corrected chi connectivity index (χ3v) is 5.24. The van der Waals surface area contributed by atoms with E-state index in [4.69, 9.17) is 9.47 Å². The molecule has 27 heavy (non-hydrogen) atoms. The van der Waals surface area contributed by atoms with Gasteiger partial charge in [0.15, 0.2) is 0 Å². The lowest BCUT2D eigenvalue weighted by Crippen LogP contribution is -2.44. The van der Waals surface area contributed by atoms with Gasteiger partial charge in [0.1, 0.15) is 17.0 Å². The molecular weight excluding hydrogens is 350 g/mol. The van der Waals surface area contributed by atoms with Gasteiger partial charge in [-0.2, -0.15) is 0 Å². The summed E-state index contributed by atoms with van der Waals surface area (Å²) in [5.74, 6) is 0.851. The zero-order chi connectivity index (χ0) is 19.4. The maximum Gasteiger partial charge on any atom is 0.325 e. The van der Waals surface area contributed by atoms with Crippen LogP contribution in [0.25, 0.3) is 0 Å². The minimum atomic E-state index is -0.732. The van der Waals surface area contributed by atoms with Gasteiger partial charge in [0.05, 0.1) is 14.2 Å². The quantitative estimate of drug-likeness (QED) is 0.705. The summed E-state index contributed by atoms with van der Waals surface area (Å²) in [6.07, 6.45) is 3.29.